The minimum absolute atomic E-state index is 0.252. The van der Waals surface area contributed by atoms with Crippen LogP contribution in [0.25, 0.3) is 0 Å². The van der Waals surface area contributed by atoms with Crippen molar-refractivity contribution in [2.75, 3.05) is 13.2 Å². The van der Waals surface area contributed by atoms with Crippen LogP contribution in [0.15, 0.2) is 12.2 Å². The number of carbonyl (C=O) groups is 2. The number of rotatable bonds is 11. The summed E-state index contributed by atoms with van der Waals surface area (Å²) in [4.78, 5) is 24.6. The third-order valence-electron chi connectivity index (χ3n) is 4.52. The van der Waals surface area contributed by atoms with Gasteiger partial charge in [0.25, 0.3) is 0 Å². The van der Waals surface area contributed by atoms with Gasteiger partial charge in [0.1, 0.15) is 0 Å². The van der Waals surface area contributed by atoms with Gasteiger partial charge in [0.15, 0.2) is 0 Å². The molecule has 0 fully saturated rings. The van der Waals surface area contributed by atoms with E-state index in [-0.39, 0.29) is 11.9 Å². The Labute approximate surface area is 153 Å². The van der Waals surface area contributed by atoms with Crippen molar-refractivity contribution in [2.45, 2.75) is 72.6 Å². The summed E-state index contributed by atoms with van der Waals surface area (Å²) in [5, 5.41) is 0. The Morgan fingerprint density at radius 2 is 1.40 bits per heavy atom. The third-order valence-corrected chi connectivity index (χ3v) is 4.52. The molecule has 0 bridgehead atoms. The van der Waals surface area contributed by atoms with Gasteiger partial charge in [-0.25, -0.2) is 0 Å². The van der Waals surface area contributed by atoms with E-state index in [0.717, 1.165) is 18.8 Å². The van der Waals surface area contributed by atoms with Gasteiger partial charge in [-0.2, -0.15) is 0 Å². The molecule has 0 aliphatic heterocycles. The first-order valence-corrected chi connectivity index (χ1v) is 9.90. The zero-order valence-corrected chi connectivity index (χ0v) is 16.5. The van der Waals surface area contributed by atoms with Crippen molar-refractivity contribution in [1.29, 1.82) is 0 Å². The minimum Gasteiger partial charge on any atom is -0.465 e. The van der Waals surface area contributed by atoms with E-state index >= 15 is 0 Å². The van der Waals surface area contributed by atoms with Crippen molar-refractivity contribution >= 4 is 11.9 Å². The molecule has 2 atom stereocenters. The zero-order chi connectivity index (χ0) is 18.7. The first-order chi connectivity index (χ1) is 11.9. The number of carbonyl (C=O) groups excluding carboxylic acids is 2. The summed E-state index contributed by atoms with van der Waals surface area (Å²) in [5.74, 6) is -0.270. The van der Waals surface area contributed by atoms with Crippen molar-refractivity contribution in [3.05, 3.63) is 12.2 Å². The standard InChI is InChI=1S/C21H36O4/c1-16(2)11-7-5-6-10-14-24-20(22)18-12-8-9-13-19(18)21(23)25-15-17(3)4/h8-9,16-19H,5-7,10-15H2,1-4H3. The van der Waals surface area contributed by atoms with Gasteiger partial charge in [0, 0.05) is 0 Å². The number of unbranched alkanes of at least 4 members (excludes halogenated alkanes) is 3. The molecular weight excluding hydrogens is 316 g/mol. The fourth-order valence-corrected chi connectivity index (χ4v) is 2.98. The lowest BCUT2D eigenvalue weighted by molar-refractivity contribution is -0.161. The van der Waals surface area contributed by atoms with Gasteiger partial charge in [-0.1, -0.05) is 65.5 Å². The molecule has 144 valence electrons. The number of esters is 2. The van der Waals surface area contributed by atoms with Crippen molar-refractivity contribution in [3.8, 4) is 0 Å². The van der Waals surface area contributed by atoms with E-state index < -0.39 is 11.8 Å². The summed E-state index contributed by atoms with van der Waals surface area (Å²) in [6, 6.07) is 0. The predicted molar refractivity (Wildman–Crippen MR) is 100 cm³/mol. The van der Waals surface area contributed by atoms with Gasteiger partial charge in [0.05, 0.1) is 25.0 Å². The third kappa shape index (κ3) is 9.08. The Morgan fingerprint density at radius 1 is 0.840 bits per heavy atom. The van der Waals surface area contributed by atoms with E-state index in [4.69, 9.17) is 9.47 Å². The normalized spacial score (nSPS) is 20.1. The van der Waals surface area contributed by atoms with E-state index in [0.29, 0.717) is 32.0 Å². The van der Waals surface area contributed by atoms with Crippen LogP contribution in [0.2, 0.25) is 0 Å². The van der Waals surface area contributed by atoms with E-state index in [9.17, 15) is 9.59 Å². The van der Waals surface area contributed by atoms with Crippen molar-refractivity contribution in [1.82, 2.24) is 0 Å². The second-order valence-corrected chi connectivity index (χ2v) is 7.94. The van der Waals surface area contributed by atoms with E-state index in [1.807, 2.05) is 26.0 Å². The highest BCUT2D eigenvalue weighted by Gasteiger charge is 2.36. The molecule has 0 heterocycles. The van der Waals surface area contributed by atoms with Crippen molar-refractivity contribution in [2.24, 2.45) is 23.7 Å². The molecule has 0 aromatic heterocycles. The van der Waals surface area contributed by atoms with Gasteiger partial charge < -0.3 is 9.47 Å². The molecule has 4 heteroatoms. The summed E-state index contributed by atoms with van der Waals surface area (Å²) in [5.41, 5.74) is 0. The van der Waals surface area contributed by atoms with Gasteiger partial charge in [-0.15, -0.1) is 0 Å². The largest absolute Gasteiger partial charge is 0.465 e. The highest BCUT2D eigenvalue weighted by molar-refractivity contribution is 5.82. The molecule has 2 unspecified atom stereocenters. The number of hydrogen-bond acceptors (Lipinski definition) is 4. The molecule has 0 spiro atoms. The first kappa shape index (κ1) is 21.7. The average Bonchev–Trinajstić information content (AvgIpc) is 2.58. The maximum atomic E-state index is 12.4. The highest BCUT2D eigenvalue weighted by atomic mass is 16.5. The van der Waals surface area contributed by atoms with Crippen molar-refractivity contribution in [3.63, 3.8) is 0 Å². The molecular formula is C21H36O4. The van der Waals surface area contributed by atoms with Gasteiger partial charge >= 0.3 is 11.9 Å². The molecule has 0 radical (unpaired) electrons. The summed E-state index contributed by atoms with van der Waals surface area (Å²) in [6.07, 6.45) is 10.7. The highest BCUT2D eigenvalue weighted by Crippen LogP contribution is 2.28. The molecule has 1 aliphatic carbocycles. The van der Waals surface area contributed by atoms with Crippen LogP contribution in [0.5, 0.6) is 0 Å². The number of ether oxygens (including phenoxy) is 2. The van der Waals surface area contributed by atoms with Gasteiger partial charge in [-0.05, 0) is 31.1 Å². The lowest BCUT2D eigenvalue weighted by Gasteiger charge is -2.25. The van der Waals surface area contributed by atoms with Crippen LogP contribution >= 0.6 is 0 Å². The Balaban J connectivity index is 2.31. The molecule has 0 amide bonds. The van der Waals surface area contributed by atoms with Gasteiger partial charge in [-0.3, -0.25) is 9.59 Å². The summed E-state index contributed by atoms with van der Waals surface area (Å²) in [6.45, 7) is 9.33. The van der Waals surface area contributed by atoms with Crippen LogP contribution in [0.4, 0.5) is 0 Å². The van der Waals surface area contributed by atoms with E-state index in [2.05, 4.69) is 13.8 Å². The second-order valence-electron chi connectivity index (χ2n) is 7.94. The maximum Gasteiger partial charge on any atom is 0.310 e. The summed E-state index contributed by atoms with van der Waals surface area (Å²) < 4.78 is 10.8. The average molecular weight is 353 g/mol. The first-order valence-electron chi connectivity index (χ1n) is 9.90. The summed E-state index contributed by atoms with van der Waals surface area (Å²) >= 11 is 0. The Morgan fingerprint density at radius 3 is 1.96 bits per heavy atom. The molecule has 1 aliphatic rings. The van der Waals surface area contributed by atoms with Gasteiger partial charge in [0.2, 0.25) is 0 Å². The molecule has 25 heavy (non-hydrogen) atoms. The van der Waals surface area contributed by atoms with Crippen LogP contribution < -0.4 is 0 Å². The molecule has 0 saturated heterocycles. The van der Waals surface area contributed by atoms with E-state index in [1.165, 1.54) is 19.3 Å². The monoisotopic (exact) mass is 352 g/mol. The van der Waals surface area contributed by atoms with Crippen LogP contribution in [0.3, 0.4) is 0 Å². The van der Waals surface area contributed by atoms with E-state index in [1.54, 1.807) is 0 Å². The lowest BCUT2D eigenvalue weighted by Crippen LogP contribution is -2.34. The topological polar surface area (TPSA) is 52.6 Å². The maximum absolute atomic E-state index is 12.4. The quantitative estimate of drug-likeness (QED) is 0.301. The second kappa shape index (κ2) is 12.1. The van der Waals surface area contributed by atoms with Crippen molar-refractivity contribution < 1.29 is 19.1 Å². The lowest BCUT2D eigenvalue weighted by atomic mass is 9.83. The fourth-order valence-electron chi connectivity index (χ4n) is 2.98. The molecule has 4 nitrogen and oxygen atoms in total. The molecule has 0 aromatic carbocycles. The molecule has 0 saturated carbocycles. The molecule has 0 N–H and O–H groups in total. The molecule has 0 aromatic rings. The smallest absolute Gasteiger partial charge is 0.310 e. The summed E-state index contributed by atoms with van der Waals surface area (Å²) in [7, 11) is 0. The Bertz CT molecular complexity index is 426. The fraction of sp³-hybridized carbons (Fsp3) is 0.810. The zero-order valence-electron chi connectivity index (χ0n) is 16.5. The Hall–Kier alpha value is -1.32. The molecule has 1 rings (SSSR count). The van der Waals surface area contributed by atoms with Crippen LogP contribution in [0, 0.1) is 23.7 Å². The van der Waals surface area contributed by atoms with Crippen LogP contribution in [-0.4, -0.2) is 25.2 Å². The Kier molecular flexibility index (Phi) is 10.5. The number of hydrogen-bond donors (Lipinski definition) is 0. The SMILES string of the molecule is CC(C)CCCCCCOC(=O)C1CC=CCC1C(=O)OCC(C)C. The number of allylic oxidation sites excluding steroid dienone is 2. The van der Waals surface area contributed by atoms with Crippen LogP contribution in [-0.2, 0) is 19.1 Å². The predicted octanol–water partition coefficient (Wildman–Crippen LogP) is 4.92. The minimum atomic E-state index is -0.401. The van der Waals surface area contributed by atoms with Crippen LogP contribution in [0.1, 0.15) is 72.6 Å².